The van der Waals surface area contributed by atoms with E-state index in [0.29, 0.717) is 17.5 Å². The highest BCUT2D eigenvalue weighted by atomic mass is 16.3. The SMILES string of the molecule is CC(C)C(CCO)N1C(=O)c2ccccc2C1=O. The number of rotatable bonds is 4. The van der Waals surface area contributed by atoms with Crippen molar-refractivity contribution in [1.29, 1.82) is 0 Å². The Labute approximate surface area is 106 Å². The van der Waals surface area contributed by atoms with Crippen LogP contribution in [0.3, 0.4) is 0 Å². The number of amides is 2. The Kier molecular flexibility index (Phi) is 3.48. The second kappa shape index (κ2) is 4.90. The Morgan fingerprint density at radius 2 is 1.61 bits per heavy atom. The molecule has 1 heterocycles. The number of benzene rings is 1. The molecule has 0 fully saturated rings. The van der Waals surface area contributed by atoms with Gasteiger partial charge in [-0.2, -0.15) is 0 Å². The van der Waals surface area contributed by atoms with Gasteiger partial charge in [-0.05, 0) is 24.5 Å². The van der Waals surface area contributed by atoms with Gasteiger partial charge in [-0.1, -0.05) is 26.0 Å². The number of imide groups is 1. The summed E-state index contributed by atoms with van der Waals surface area (Å²) in [7, 11) is 0. The van der Waals surface area contributed by atoms with E-state index in [1.54, 1.807) is 24.3 Å². The quantitative estimate of drug-likeness (QED) is 0.824. The molecule has 1 unspecified atom stereocenters. The topological polar surface area (TPSA) is 57.6 Å². The van der Waals surface area contributed by atoms with Crippen molar-refractivity contribution in [3.8, 4) is 0 Å². The maximum atomic E-state index is 12.3. The fraction of sp³-hybridized carbons (Fsp3) is 0.429. The zero-order valence-corrected chi connectivity index (χ0v) is 10.6. The number of hydrogen-bond donors (Lipinski definition) is 1. The summed E-state index contributed by atoms with van der Waals surface area (Å²) in [4.78, 5) is 25.8. The van der Waals surface area contributed by atoms with Crippen molar-refractivity contribution >= 4 is 11.8 Å². The Morgan fingerprint density at radius 3 is 2.00 bits per heavy atom. The van der Waals surface area contributed by atoms with Gasteiger partial charge in [-0.3, -0.25) is 14.5 Å². The van der Waals surface area contributed by atoms with E-state index in [1.807, 2.05) is 13.8 Å². The molecule has 96 valence electrons. The minimum atomic E-state index is -0.248. The average Bonchev–Trinajstić information content (AvgIpc) is 2.60. The van der Waals surface area contributed by atoms with Crippen LogP contribution in [-0.2, 0) is 0 Å². The lowest BCUT2D eigenvalue weighted by Crippen LogP contribution is -2.43. The van der Waals surface area contributed by atoms with Crippen molar-refractivity contribution < 1.29 is 14.7 Å². The third-order valence-electron chi connectivity index (χ3n) is 3.35. The summed E-state index contributed by atoms with van der Waals surface area (Å²) in [6, 6.07) is 6.61. The zero-order valence-electron chi connectivity index (χ0n) is 10.6. The molecule has 0 bridgehead atoms. The summed E-state index contributed by atoms with van der Waals surface area (Å²) in [5, 5.41) is 9.09. The molecule has 4 nitrogen and oxygen atoms in total. The zero-order chi connectivity index (χ0) is 13.3. The van der Waals surface area contributed by atoms with Crippen molar-refractivity contribution in [2.45, 2.75) is 26.3 Å². The van der Waals surface area contributed by atoms with Crippen molar-refractivity contribution in [3.63, 3.8) is 0 Å². The third kappa shape index (κ3) is 1.93. The van der Waals surface area contributed by atoms with Crippen molar-refractivity contribution in [2.75, 3.05) is 6.61 Å². The van der Waals surface area contributed by atoms with Crippen LogP contribution >= 0.6 is 0 Å². The van der Waals surface area contributed by atoms with Gasteiger partial charge in [-0.25, -0.2) is 0 Å². The Bertz CT molecular complexity index is 447. The first-order valence-corrected chi connectivity index (χ1v) is 6.15. The summed E-state index contributed by atoms with van der Waals surface area (Å²) < 4.78 is 0. The van der Waals surface area contributed by atoms with Gasteiger partial charge in [0.1, 0.15) is 0 Å². The molecule has 1 aromatic carbocycles. The molecule has 18 heavy (non-hydrogen) atoms. The summed E-state index contributed by atoms with van der Waals surface area (Å²) in [5.74, 6) is -0.370. The average molecular weight is 247 g/mol. The van der Waals surface area contributed by atoms with Gasteiger partial charge in [-0.15, -0.1) is 0 Å². The largest absolute Gasteiger partial charge is 0.396 e. The summed E-state index contributed by atoms with van der Waals surface area (Å²) in [6.45, 7) is 3.87. The van der Waals surface area contributed by atoms with Gasteiger partial charge >= 0.3 is 0 Å². The van der Waals surface area contributed by atoms with Crippen LogP contribution in [0.15, 0.2) is 24.3 Å². The summed E-state index contributed by atoms with van der Waals surface area (Å²) in [6.07, 6.45) is 0.420. The van der Waals surface area contributed by atoms with Crippen LogP contribution in [0.25, 0.3) is 0 Å². The van der Waals surface area contributed by atoms with Gasteiger partial charge in [0.2, 0.25) is 0 Å². The maximum Gasteiger partial charge on any atom is 0.261 e. The molecular weight excluding hydrogens is 230 g/mol. The van der Waals surface area contributed by atoms with E-state index in [2.05, 4.69) is 0 Å². The fourth-order valence-electron chi connectivity index (χ4n) is 2.40. The van der Waals surface area contributed by atoms with Crippen LogP contribution in [-0.4, -0.2) is 34.5 Å². The fourth-order valence-corrected chi connectivity index (χ4v) is 2.40. The molecule has 0 radical (unpaired) electrons. The van der Waals surface area contributed by atoms with E-state index in [1.165, 1.54) is 4.90 Å². The molecule has 1 N–H and O–H groups in total. The van der Waals surface area contributed by atoms with Crippen LogP contribution in [0, 0.1) is 5.92 Å². The van der Waals surface area contributed by atoms with E-state index in [0.717, 1.165) is 0 Å². The van der Waals surface area contributed by atoms with Crippen LogP contribution in [0.1, 0.15) is 41.0 Å². The normalized spacial score (nSPS) is 16.3. The summed E-state index contributed by atoms with van der Waals surface area (Å²) in [5.41, 5.74) is 0.928. The first-order chi connectivity index (χ1) is 8.57. The van der Waals surface area contributed by atoms with E-state index in [-0.39, 0.29) is 30.4 Å². The highest BCUT2D eigenvalue weighted by Gasteiger charge is 2.40. The minimum absolute atomic E-state index is 0.0315. The molecule has 0 aromatic heterocycles. The predicted octanol–water partition coefficient (Wildman–Crippen LogP) is 1.69. The van der Waals surface area contributed by atoms with E-state index in [4.69, 9.17) is 5.11 Å². The first-order valence-electron chi connectivity index (χ1n) is 6.15. The van der Waals surface area contributed by atoms with E-state index in [9.17, 15) is 9.59 Å². The van der Waals surface area contributed by atoms with Crippen LogP contribution in [0.2, 0.25) is 0 Å². The van der Waals surface area contributed by atoms with Crippen molar-refractivity contribution in [2.24, 2.45) is 5.92 Å². The monoisotopic (exact) mass is 247 g/mol. The van der Waals surface area contributed by atoms with E-state index < -0.39 is 0 Å². The number of hydrogen-bond acceptors (Lipinski definition) is 3. The van der Waals surface area contributed by atoms with Gasteiger partial charge < -0.3 is 5.11 Å². The molecule has 2 rings (SSSR count). The molecule has 0 saturated heterocycles. The number of aliphatic hydroxyl groups excluding tert-OH is 1. The van der Waals surface area contributed by atoms with Gasteiger partial charge in [0, 0.05) is 12.6 Å². The highest BCUT2D eigenvalue weighted by Crippen LogP contribution is 2.28. The Morgan fingerprint density at radius 1 is 1.11 bits per heavy atom. The van der Waals surface area contributed by atoms with Crippen LogP contribution in [0.4, 0.5) is 0 Å². The van der Waals surface area contributed by atoms with Crippen molar-refractivity contribution in [3.05, 3.63) is 35.4 Å². The summed E-state index contributed by atoms with van der Waals surface area (Å²) >= 11 is 0. The molecule has 1 aliphatic rings. The molecule has 1 aliphatic heterocycles. The van der Waals surface area contributed by atoms with Crippen molar-refractivity contribution in [1.82, 2.24) is 4.90 Å². The Hall–Kier alpha value is -1.68. The molecule has 0 spiro atoms. The maximum absolute atomic E-state index is 12.3. The van der Waals surface area contributed by atoms with Gasteiger partial charge in [0.05, 0.1) is 11.1 Å². The number of fused-ring (bicyclic) bond motifs is 1. The first kappa shape index (κ1) is 12.8. The van der Waals surface area contributed by atoms with Crippen LogP contribution in [0.5, 0.6) is 0 Å². The lowest BCUT2D eigenvalue weighted by atomic mass is 9.99. The lowest BCUT2D eigenvalue weighted by Gasteiger charge is -2.28. The Balaban J connectivity index is 2.38. The molecule has 2 amide bonds. The molecule has 4 heteroatoms. The van der Waals surface area contributed by atoms with Gasteiger partial charge in [0.15, 0.2) is 0 Å². The molecule has 1 atom stereocenters. The predicted molar refractivity (Wildman–Crippen MR) is 67.3 cm³/mol. The van der Waals surface area contributed by atoms with Gasteiger partial charge in [0.25, 0.3) is 11.8 Å². The number of nitrogens with zero attached hydrogens (tertiary/aromatic N) is 1. The third-order valence-corrected chi connectivity index (χ3v) is 3.35. The molecule has 1 aromatic rings. The molecular formula is C14H17NO3. The number of carbonyl (C=O) groups excluding carboxylic acids is 2. The minimum Gasteiger partial charge on any atom is -0.396 e. The second-order valence-electron chi connectivity index (χ2n) is 4.85. The highest BCUT2D eigenvalue weighted by molar-refractivity contribution is 6.21. The van der Waals surface area contributed by atoms with E-state index >= 15 is 0 Å². The molecule has 0 saturated carbocycles. The van der Waals surface area contributed by atoms with Crippen LogP contribution < -0.4 is 0 Å². The second-order valence-corrected chi connectivity index (χ2v) is 4.85. The number of carbonyl (C=O) groups is 2. The lowest BCUT2D eigenvalue weighted by molar-refractivity contribution is 0.0510. The molecule has 0 aliphatic carbocycles. The number of aliphatic hydroxyl groups is 1. The standard InChI is InChI=1S/C14H17NO3/c1-9(2)12(7-8-16)15-13(17)10-5-3-4-6-11(10)14(15)18/h3-6,9,12,16H,7-8H2,1-2H3. The smallest absolute Gasteiger partial charge is 0.261 e.